The number of carbonyl (C=O) groups excluding carboxylic acids is 1. The molecule has 130 valence electrons. The van der Waals surface area contributed by atoms with Crippen LogP contribution in [0.25, 0.3) is 0 Å². The third kappa shape index (κ3) is 2.30. The Morgan fingerprint density at radius 3 is 2.43 bits per heavy atom. The van der Waals surface area contributed by atoms with Crippen molar-refractivity contribution in [1.82, 2.24) is 0 Å². The first-order valence-corrected chi connectivity index (χ1v) is 10.1. The van der Waals surface area contributed by atoms with Crippen molar-refractivity contribution < 1.29 is 9.53 Å². The van der Waals surface area contributed by atoms with Gasteiger partial charge in [0.1, 0.15) is 6.10 Å². The lowest BCUT2D eigenvalue weighted by molar-refractivity contribution is -0.161. The van der Waals surface area contributed by atoms with Crippen molar-refractivity contribution in [1.29, 1.82) is 0 Å². The second-order valence-corrected chi connectivity index (χ2v) is 9.62. The van der Waals surface area contributed by atoms with E-state index in [4.69, 9.17) is 4.74 Å². The Bertz CT molecular complexity index is 486. The molecule has 0 aromatic heterocycles. The molecule has 0 heterocycles. The van der Waals surface area contributed by atoms with Crippen LogP contribution in [0.5, 0.6) is 0 Å². The lowest BCUT2D eigenvalue weighted by Crippen LogP contribution is -2.53. The monoisotopic (exact) mass is 318 g/mol. The maximum absolute atomic E-state index is 11.5. The Labute approximate surface area is 141 Å². The van der Waals surface area contributed by atoms with Gasteiger partial charge in [0.25, 0.3) is 0 Å². The van der Waals surface area contributed by atoms with Crippen LogP contribution in [0.15, 0.2) is 0 Å². The molecule has 7 atom stereocenters. The first-order chi connectivity index (χ1) is 10.9. The number of fused-ring (bicyclic) bond motifs is 5. The van der Waals surface area contributed by atoms with Crippen LogP contribution in [-0.4, -0.2) is 12.1 Å². The Hall–Kier alpha value is -0.530. The molecule has 2 heteroatoms. The molecule has 23 heavy (non-hydrogen) atoms. The average Bonchev–Trinajstić information content (AvgIpc) is 2.83. The largest absolute Gasteiger partial charge is 0.462 e. The third-order valence-electron chi connectivity index (χ3n) is 8.80. The van der Waals surface area contributed by atoms with Crippen LogP contribution in [0, 0.1) is 34.5 Å². The van der Waals surface area contributed by atoms with E-state index >= 15 is 0 Å². The molecule has 4 aliphatic carbocycles. The average molecular weight is 319 g/mol. The predicted molar refractivity (Wildman–Crippen MR) is 91.9 cm³/mol. The van der Waals surface area contributed by atoms with Crippen LogP contribution in [0.3, 0.4) is 0 Å². The number of carbonyl (C=O) groups is 1. The second kappa shape index (κ2) is 5.49. The molecule has 0 aromatic rings. The van der Waals surface area contributed by atoms with E-state index in [1.165, 1.54) is 57.8 Å². The molecule has 0 spiro atoms. The fourth-order valence-electron chi connectivity index (χ4n) is 7.64. The maximum atomic E-state index is 11.5. The summed E-state index contributed by atoms with van der Waals surface area (Å²) in [6.45, 7) is 6.65. The van der Waals surface area contributed by atoms with E-state index in [-0.39, 0.29) is 17.5 Å². The highest BCUT2D eigenvalue weighted by Crippen LogP contribution is 2.66. The van der Waals surface area contributed by atoms with Gasteiger partial charge in [-0.05, 0) is 80.5 Å². The predicted octanol–water partition coefficient (Wildman–Crippen LogP) is 5.35. The molecule has 0 unspecified atom stereocenters. The summed E-state index contributed by atoms with van der Waals surface area (Å²) in [4.78, 5) is 11.5. The molecule has 0 bridgehead atoms. The third-order valence-corrected chi connectivity index (χ3v) is 8.80. The van der Waals surface area contributed by atoms with Crippen LogP contribution in [0.4, 0.5) is 0 Å². The van der Waals surface area contributed by atoms with Crippen LogP contribution in [-0.2, 0) is 9.53 Å². The fourth-order valence-corrected chi connectivity index (χ4v) is 7.64. The summed E-state index contributed by atoms with van der Waals surface area (Å²) in [6, 6.07) is 0. The molecule has 2 nitrogen and oxygen atoms in total. The van der Waals surface area contributed by atoms with E-state index in [0.717, 1.165) is 30.1 Å². The minimum absolute atomic E-state index is 0.0815. The van der Waals surface area contributed by atoms with Crippen LogP contribution in [0.2, 0.25) is 0 Å². The van der Waals surface area contributed by atoms with Gasteiger partial charge in [0.05, 0.1) is 0 Å². The highest BCUT2D eigenvalue weighted by molar-refractivity contribution is 5.66. The van der Waals surface area contributed by atoms with Crippen molar-refractivity contribution in [2.75, 3.05) is 0 Å². The SMILES string of the molecule is CC(=O)O[C@@H]1CC[C@@H]2[C@@H]3CC[C@H]4CCCC[C@]4(C)[C@@H]3CC[C@@]21C. The first-order valence-electron chi connectivity index (χ1n) is 10.1. The number of rotatable bonds is 1. The van der Waals surface area contributed by atoms with Gasteiger partial charge in [0.2, 0.25) is 0 Å². The van der Waals surface area contributed by atoms with Crippen LogP contribution < -0.4 is 0 Å². The first kappa shape index (κ1) is 16.0. The summed E-state index contributed by atoms with van der Waals surface area (Å²) < 4.78 is 5.76. The molecule has 4 rings (SSSR count). The lowest BCUT2D eigenvalue weighted by atomic mass is 9.45. The van der Waals surface area contributed by atoms with Gasteiger partial charge in [-0.25, -0.2) is 0 Å². The van der Waals surface area contributed by atoms with E-state index in [1.807, 2.05) is 0 Å². The fraction of sp³-hybridized carbons (Fsp3) is 0.952. The highest BCUT2D eigenvalue weighted by Gasteiger charge is 2.60. The molecule has 0 aromatic carbocycles. The van der Waals surface area contributed by atoms with Gasteiger partial charge < -0.3 is 4.74 Å². The summed E-state index contributed by atoms with van der Waals surface area (Å²) in [5, 5.41) is 0. The number of ether oxygens (including phenoxy) is 1. The van der Waals surface area contributed by atoms with E-state index in [1.54, 1.807) is 6.92 Å². The molecule has 4 aliphatic rings. The summed E-state index contributed by atoms with van der Waals surface area (Å²) in [5.74, 6) is 3.55. The quantitative estimate of drug-likeness (QED) is 0.609. The van der Waals surface area contributed by atoms with Crippen LogP contribution in [0.1, 0.15) is 85.0 Å². The minimum Gasteiger partial charge on any atom is -0.462 e. The van der Waals surface area contributed by atoms with Crippen molar-refractivity contribution >= 4 is 5.97 Å². The van der Waals surface area contributed by atoms with E-state index < -0.39 is 0 Å². The zero-order valence-corrected chi connectivity index (χ0v) is 15.3. The second-order valence-electron chi connectivity index (χ2n) is 9.62. The number of hydrogen-bond donors (Lipinski definition) is 0. The summed E-state index contributed by atoms with van der Waals surface area (Å²) >= 11 is 0. The normalized spacial score (nSPS) is 52.2. The standard InChI is InChI=1S/C21H34O2/c1-14(22)23-19-10-9-17-16-8-7-15-6-4-5-12-20(15,2)18(16)11-13-21(17,19)3/h15-19H,4-13H2,1-3H3/t15-,16+,17-,18-,19-,20+,21+/m1/s1. The number of hydrogen-bond acceptors (Lipinski definition) is 2. The lowest BCUT2D eigenvalue weighted by Gasteiger charge is -2.60. The van der Waals surface area contributed by atoms with Gasteiger partial charge in [0, 0.05) is 12.3 Å². The van der Waals surface area contributed by atoms with Gasteiger partial charge in [-0.1, -0.05) is 26.7 Å². The zero-order chi connectivity index (χ0) is 16.2. The Balaban J connectivity index is 1.59. The van der Waals surface area contributed by atoms with Gasteiger partial charge in [0.15, 0.2) is 0 Å². The van der Waals surface area contributed by atoms with E-state index in [2.05, 4.69) is 13.8 Å². The van der Waals surface area contributed by atoms with Crippen molar-refractivity contribution in [3.63, 3.8) is 0 Å². The van der Waals surface area contributed by atoms with Gasteiger partial charge >= 0.3 is 5.97 Å². The molecule has 0 aliphatic heterocycles. The molecular weight excluding hydrogens is 284 g/mol. The van der Waals surface area contributed by atoms with Crippen LogP contribution >= 0.6 is 0 Å². The zero-order valence-electron chi connectivity index (χ0n) is 15.3. The Morgan fingerprint density at radius 2 is 1.65 bits per heavy atom. The van der Waals surface area contributed by atoms with Crippen molar-refractivity contribution in [2.24, 2.45) is 34.5 Å². The number of esters is 1. The maximum Gasteiger partial charge on any atom is 0.302 e. The Kier molecular flexibility index (Phi) is 3.81. The molecule has 4 saturated carbocycles. The summed E-state index contributed by atoms with van der Waals surface area (Å²) in [7, 11) is 0. The van der Waals surface area contributed by atoms with Gasteiger partial charge in [-0.3, -0.25) is 4.79 Å². The molecule has 4 fully saturated rings. The smallest absolute Gasteiger partial charge is 0.302 e. The van der Waals surface area contributed by atoms with Gasteiger partial charge in [-0.15, -0.1) is 0 Å². The summed E-state index contributed by atoms with van der Waals surface area (Å²) in [6.07, 6.45) is 14.0. The van der Waals surface area contributed by atoms with E-state index in [9.17, 15) is 4.79 Å². The minimum atomic E-state index is -0.0815. The molecule has 0 N–H and O–H groups in total. The van der Waals surface area contributed by atoms with E-state index in [0.29, 0.717) is 5.41 Å². The topological polar surface area (TPSA) is 26.3 Å². The summed E-state index contributed by atoms with van der Waals surface area (Å²) in [5.41, 5.74) is 0.868. The van der Waals surface area contributed by atoms with Gasteiger partial charge in [-0.2, -0.15) is 0 Å². The molecule has 0 saturated heterocycles. The Morgan fingerprint density at radius 1 is 0.870 bits per heavy atom. The van der Waals surface area contributed by atoms with Crippen molar-refractivity contribution in [2.45, 2.75) is 91.1 Å². The molecule has 0 amide bonds. The molecular formula is C21H34O2. The van der Waals surface area contributed by atoms with Crippen molar-refractivity contribution in [3.8, 4) is 0 Å². The van der Waals surface area contributed by atoms with Crippen molar-refractivity contribution in [3.05, 3.63) is 0 Å². The highest BCUT2D eigenvalue weighted by atomic mass is 16.5. The molecule has 0 radical (unpaired) electrons.